The second-order valence-electron chi connectivity index (χ2n) is 9.58. The molecule has 0 radical (unpaired) electrons. The number of benzene rings is 3. The van der Waals surface area contributed by atoms with Crippen molar-refractivity contribution in [1.29, 1.82) is 0 Å². The van der Waals surface area contributed by atoms with Crippen molar-refractivity contribution in [3.63, 3.8) is 0 Å². The maximum absolute atomic E-state index is 12.7. The van der Waals surface area contributed by atoms with Gasteiger partial charge < -0.3 is 13.9 Å². The summed E-state index contributed by atoms with van der Waals surface area (Å²) in [7, 11) is 1.44. The fourth-order valence-corrected chi connectivity index (χ4v) is 4.85. The molecule has 1 aliphatic rings. The van der Waals surface area contributed by atoms with Gasteiger partial charge in [0.05, 0.1) is 17.9 Å². The van der Waals surface area contributed by atoms with E-state index in [1.54, 1.807) is 18.5 Å². The van der Waals surface area contributed by atoms with Crippen LogP contribution in [0.2, 0.25) is 0 Å². The molecule has 0 spiro atoms. The lowest BCUT2D eigenvalue weighted by Crippen LogP contribution is -2.21. The molecule has 1 amide bonds. The van der Waals surface area contributed by atoms with Crippen LogP contribution in [0.4, 0.5) is 10.5 Å². The zero-order chi connectivity index (χ0) is 28.8. The fraction of sp³-hybridized carbons (Fsp3) is 0.182. The number of anilines is 1. The van der Waals surface area contributed by atoms with Gasteiger partial charge in [-0.3, -0.25) is 10.1 Å². The third-order valence-electron chi connectivity index (χ3n) is 7.15. The van der Waals surface area contributed by atoms with Gasteiger partial charge in [-0.2, -0.15) is 12.6 Å². The standard InChI is InChI=1S/C32H26N2O5.CH4S/c1-37-30(35)32(17-18-32)25-15-13-23(14-16-25)22-9-11-24(12-10-22)28-27(26-8-5-19-33-29(26)39-28)34-31(36)38-20-21-6-3-2-4-7-21;1-2/h2-16,19H,17-18,20H2,1H3,(H,34,36);2H,1H3. The number of pyridine rings is 1. The van der Waals surface area contributed by atoms with Crippen LogP contribution >= 0.6 is 12.6 Å². The van der Waals surface area contributed by atoms with E-state index >= 15 is 0 Å². The molecular formula is C33H30N2O5S. The van der Waals surface area contributed by atoms with Gasteiger partial charge in [0.25, 0.3) is 0 Å². The van der Waals surface area contributed by atoms with E-state index in [4.69, 9.17) is 13.9 Å². The summed E-state index contributed by atoms with van der Waals surface area (Å²) in [5.41, 5.74) is 5.15. The minimum Gasteiger partial charge on any atom is -0.468 e. The van der Waals surface area contributed by atoms with Crippen LogP contribution in [0, 0.1) is 0 Å². The molecule has 0 aliphatic heterocycles. The van der Waals surface area contributed by atoms with Crippen molar-refractivity contribution in [1.82, 2.24) is 4.98 Å². The van der Waals surface area contributed by atoms with Crippen molar-refractivity contribution >= 4 is 41.5 Å². The van der Waals surface area contributed by atoms with Gasteiger partial charge in [0, 0.05) is 11.8 Å². The van der Waals surface area contributed by atoms with Crippen LogP contribution in [-0.2, 0) is 26.3 Å². The molecule has 7 nitrogen and oxygen atoms in total. The number of nitrogens with one attached hydrogen (secondary N) is 1. The second kappa shape index (κ2) is 12.3. The highest BCUT2D eigenvalue weighted by atomic mass is 32.1. The molecule has 41 heavy (non-hydrogen) atoms. The van der Waals surface area contributed by atoms with E-state index in [0.29, 0.717) is 22.5 Å². The van der Waals surface area contributed by atoms with Gasteiger partial charge in [0.1, 0.15) is 12.3 Å². The van der Waals surface area contributed by atoms with Crippen molar-refractivity contribution in [2.45, 2.75) is 24.9 Å². The third-order valence-corrected chi connectivity index (χ3v) is 7.15. The number of rotatable bonds is 7. The van der Waals surface area contributed by atoms with Gasteiger partial charge >= 0.3 is 12.1 Å². The molecule has 2 aromatic heterocycles. The van der Waals surface area contributed by atoms with Gasteiger partial charge in [-0.25, -0.2) is 9.78 Å². The quantitative estimate of drug-likeness (QED) is 0.155. The number of hydrogen-bond acceptors (Lipinski definition) is 7. The Hall–Kier alpha value is -4.56. The Labute approximate surface area is 243 Å². The molecule has 0 saturated heterocycles. The van der Waals surface area contributed by atoms with Gasteiger partial charge in [-0.1, -0.05) is 78.9 Å². The third kappa shape index (κ3) is 5.83. The number of esters is 1. The molecule has 208 valence electrons. The molecule has 5 aromatic rings. The van der Waals surface area contributed by atoms with Crippen LogP contribution in [-0.4, -0.2) is 30.4 Å². The molecule has 2 heterocycles. The van der Waals surface area contributed by atoms with Crippen molar-refractivity contribution in [2.24, 2.45) is 0 Å². The van der Waals surface area contributed by atoms with E-state index in [-0.39, 0.29) is 12.6 Å². The number of fused-ring (bicyclic) bond motifs is 1. The molecule has 0 bridgehead atoms. The number of ether oxygens (including phenoxy) is 2. The topological polar surface area (TPSA) is 90.7 Å². The van der Waals surface area contributed by atoms with Gasteiger partial charge in [0.15, 0.2) is 5.76 Å². The predicted octanol–water partition coefficient (Wildman–Crippen LogP) is 7.66. The molecule has 1 N–H and O–H groups in total. The Morgan fingerprint density at radius 3 is 2.15 bits per heavy atom. The Kier molecular flexibility index (Phi) is 8.40. The van der Waals surface area contributed by atoms with E-state index in [9.17, 15) is 9.59 Å². The molecule has 1 aliphatic carbocycles. The lowest BCUT2D eigenvalue weighted by molar-refractivity contribution is -0.143. The molecular weight excluding hydrogens is 536 g/mol. The Bertz CT molecular complexity index is 1640. The number of carbonyl (C=O) groups is 2. The summed E-state index contributed by atoms with van der Waals surface area (Å²) >= 11 is 3.53. The first-order chi connectivity index (χ1) is 20.1. The smallest absolute Gasteiger partial charge is 0.412 e. The molecule has 0 atom stereocenters. The highest BCUT2D eigenvalue weighted by molar-refractivity contribution is 7.79. The number of aromatic nitrogens is 1. The highest BCUT2D eigenvalue weighted by Gasteiger charge is 2.52. The number of methoxy groups -OCH3 is 1. The lowest BCUT2D eigenvalue weighted by atomic mass is 9.93. The average molecular weight is 567 g/mol. The Morgan fingerprint density at radius 1 is 0.878 bits per heavy atom. The summed E-state index contributed by atoms with van der Waals surface area (Å²) in [5.74, 6) is 0.323. The van der Waals surface area contributed by atoms with Crippen molar-refractivity contribution < 1.29 is 23.5 Å². The number of furan rings is 1. The lowest BCUT2D eigenvalue weighted by Gasteiger charge is -2.13. The maximum Gasteiger partial charge on any atom is 0.412 e. The first kappa shape index (κ1) is 28.0. The molecule has 8 heteroatoms. The van der Waals surface area contributed by atoms with Crippen molar-refractivity contribution in [2.75, 3.05) is 18.7 Å². The van der Waals surface area contributed by atoms with Crippen LogP contribution in [0.1, 0.15) is 24.0 Å². The monoisotopic (exact) mass is 566 g/mol. The number of hydrogen-bond donors (Lipinski definition) is 2. The average Bonchev–Trinajstić information content (AvgIpc) is 3.78. The van der Waals surface area contributed by atoms with Gasteiger partial charge in [-0.15, -0.1) is 0 Å². The van der Waals surface area contributed by atoms with Crippen molar-refractivity contribution in [3.8, 4) is 22.5 Å². The van der Waals surface area contributed by atoms with Crippen LogP contribution in [0.15, 0.2) is 102 Å². The van der Waals surface area contributed by atoms with Crippen LogP contribution in [0.5, 0.6) is 0 Å². The first-order valence-corrected chi connectivity index (χ1v) is 14.1. The minimum absolute atomic E-state index is 0.157. The van der Waals surface area contributed by atoms with Crippen LogP contribution in [0.3, 0.4) is 0 Å². The van der Waals surface area contributed by atoms with E-state index in [1.807, 2.05) is 84.9 Å². The molecule has 6 rings (SSSR count). The van der Waals surface area contributed by atoms with E-state index in [1.165, 1.54) is 7.11 Å². The zero-order valence-corrected chi connectivity index (χ0v) is 23.7. The Morgan fingerprint density at radius 2 is 1.51 bits per heavy atom. The minimum atomic E-state index is -0.580. The summed E-state index contributed by atoms with van der Waals surface area (Å²) in [4.78, 5) is 29.2. The number of carbonyl (C=O) groups excluding carboxylic acids is 2. The fourth-order valence-electron chi connectivity index (χ4n) is 4.85. The largest absolute Gasteiger partial charge is 0.468 e. The van der Waals surface area contributed by atoms with Gasteiger partial charge in [-0.05, 0) is 53.5 Å². The highest BCUT2D eigenvalue weighted by Crippen LogP contribution is 2.49. The van der Waals surface area contributed by atoms with Crippen molar-refractivity contribution in [3.05, 3.63) is 108 Å². The molecule has 1 saturated carbocycles. The zero-order valence-electron chi connectivity index (χ0n) is 22.8. The summed E-state index contributed by atoms with van der Waals surface area (Å²) in [6.07, 6.45) is 4.39. The van der Waals surface area contributed by atoms with Crippen LogP contribution in [0.25, 0.3) is 33.6 Å². The van der Waals surface area contributed by atoms with E-state index in [0.717, 1.165) is 40.7 Å². The summed E-state index contributed by atoms with van der Waals surface area (Å²) < 4.78 is 16.5. The van der Waals surface area contributed by atoms with E-state index in [2.05, 4.69) is 22.9 Å². The summed E-state index contributed by atoms with van der Waals surface area (Å²) in [6.45, 7) is 0.157. The van der Waals surface area contributed by atoms with Gasteiger partial charge in [0.2, 0.25) is 5.71 Å². The Balaban J connectivity index is 0.00000165. The van der Waals surface area contributed by atoms with E-state index < -0.39 is 11.5 Å². The maximum atomic E-state index is 12.7. The summed E-state index contributed by atoms with van der Waals surface area (Å²) in [6, 6.07) is 29.1. The normalized spacial score (nSPS) is 13.0. The van der Waals surface area contributed by atoms with Crippen LogP contribution < -0.4 is 5.32 Å². The second-order valence-corrected chi connectivity index (χ2v) is 9.58. The number of amides is 1. The number of nitrogens with zero attached hydrogens (tertiary/aromatic N) is 1. The molecule has 3 aromatic carbocycles. The summed E-state index contributed by atoms with van der Waals surface area (Å²) in [5, 5.41) is 3.54. The number of thiol groups is 1. The SMILES string of the molecule is COC(=O)C1(c2ccc(-c3ccc(-c4oc5ncccc5c4NC(=O)OCc4ccccc4)cc3)cc2)CC1.CS. The molecule has 1 fully saturated rings. The predicted molar refractivity (Wildman–Crippen MR) is 163 cm³/mol. The first-order valence-electron chi connectivity index (χ1n) is 13.2. The molecule has 0 unspecified atom stereocenters.